The molecular formula is C21H30N2O3. The number of hydrogen-bond donors (Lipinski definition) is 2. The molecule has 5 nitrogen and oxygen atoms in total. The van der Waals surface area contributed by atoms with Crippen LogP contribution in [0, 0.1) is 11.8 Å². The number of carbonyl (C=O) groups excluding carboxylic acids is 2. The lowest BCUT2D eigenvalue weighted by Crippen LogP contribution is -2.17. The van der Waals surface area contributed by atoms with E-state index in [9.17, 15) is 9.59 Å². The van der Waals surface area contributed by atoms with Crippen LogP contribution in [0.15, 0.2) is 18.2 Å². The highest BCUT2D eigenvalue weighted by Crippen LogP contribution is 2.31. The second kappa shape index (κ2) is 9.06. The normalized spacial score (nSPS) is 18.0. The molecule has 142 valence electrons. The number of amides is 2. The minimum absolute atomic E-state index is 0.0354. The number of ether oxygens (including phenoxy) is 1. The average Bonchev–Trinajstić information content (AvgIpc) is 3.30. The third-order valence-corrected chi connectivity index (χ3v) is 5.66. The monoisotopic (exact) mass is 358 g/mol. The Labute approximate surface area is 155 Å². The van der Waals surface area contributed by atoms with Crippen molar-refractivity contribution < 1.29 is 14.3 Å². The molecule has 0 heterocycles. The Morgan fingerprint density at radius 3 is 2.00 bits per heavy atom. The largest absolute Gasteiger partial charge is 0.494 e. The van der Waals surface area contributed by atoms with Crippen molar-refractivity contribution in [2.24, 2.45) is 11.8 Å². The van der Waals surface area contributed by atoms with Crippen molar-refractivity contribution in [3.63, 3.8) is 0 Å². The molecule has 0 atom stereocenters. The predicted molar refractivity (Wildman–Crippen MR) is 103 cm³/mol. The van der Waals surface area contributed by atoms with Crippen LogP contribution in [-0.4, -0.2) is 18.9 Å². The van der Waals surface area contributed by atoms with E-state index in [0.29, 0.717) is 41.8 Å². The first-order valence-corrected chi connectivity index (χ1v) is 9.92. The number of hydrogen-bond acceptors (Lipinski definition) is 3. The van der Waals surface area contributed by atoms with Gasteiger partial charge in [0, 0.05) is 24.6 Å². The van der Waals surface area contributed by atoms with Gasteiger partial charge in [-0.1, -0.05) is 25.7 Å². The maximum Gasteiger partial charge on any atom is 0.224 e. The van der Waals surface area contributed by atoms with Crippen LogP contribution >= 0.6 is 0 Å². The number of benzene rings is 1. The van der Waals surface area contributed by atoms with Crippen molar-refractivity contribution in [1.82, 2.24) is 0 Å². The van der Waals surface area contributed by atoms with Gasteiger partial charge in [0.15, 0.2) is 0 Å². The summed E-state index contributed by atoms with van der Waals surface area (Å²) in [5.74, 6) is 1.69. The Balaban J connectivity index is 1.55. The van der Waals surface area contributed by atoms with Gasteiger partial charge >= 0.3 is 0 Å². The molecule has 2 saturated carbocycles. The summed E-state index contributed by atoms with van der Waals surface area (Å²) in [5.41, 5.74) is 1.36. The Bertz CT molecular complexity index is 632. The Morgan fingerprint density at radius 1 is 0.923 bits per heavy atom. The van der Waals surface area contributed by atoms with Crippen LogP contribution in [0.4, 0.5) is 11.4 Å². The smallest absolute Gasteiger partial charge is 0.224 e. The van der Waals surface area contributed by atoms with Crippen molar-refractivity contribution in [2.45, 2.75) is 64.2 Å². The Kier molecular flexibility index (Phi) is 6.53. The SMILES string of the molecule is COc1cc(NC(=O)CC2CCCC2)ccc1NC(=O)CC1CCCC1. The summed E-state index contributed by atoms with van der Waals surface area (Å²) in [6.07, 6.45) is 10.7. The fourth-order valence-electron chi connectivity index (χ4n) is 4.24. The van der Waals surface area contributed by atoms with Crippen molar-refractivity contribution in [2.75, 3.05) is 17.7 Å². The fourth-order valence-corrected chi connectivity index (χ4v) is 4.24. The Hall–Kier alpha value is -2.04. The number of anilines is 2. The van der Waals surface area contributed by atoms with Crippen molar-refractivity contribution in [1.29, 1.82) is 0 Å². The number of nitrogens with one attached hydrogen (secondary N) is 2. The lowest BCUT2D eigenvalue weighted by Gasteiger charge is -2.15. The second-order valence-electron chi connectivity index (χ2n) is 7.72. The van der Waals surface area contributed by atoms with Gasteiger partial charge in [-0.2, -0.15) is 0 Å². The van der Waals surface area contributed by atoms with Crippen LogP contribution in [0.25, 0.3) is 0 Å². The van der Waals surface area contributed by atoms with E-state index < -0.39 is 0 Å². The van der Waals surface area contributed by atoms with Crippen LogP contribution in [0.2, 0.25) is 0 Å². The maximum absolute atomic E-state index is 12.3. The molecule has 3 rings (SSSR count). The molecule has 2 fully saturated rings. The first-order chi connectivity index (χ1) is 12.6. The van der Waals surface area contributed by atoms with Crippen LogP contribution in [-0.2, 0) is 9.59 Å². The molecule has 0 spiro atoms. The minimum atomic E-state index is 0.0354. The molecule has 2 N–H and O–H groups in total. The molecule has 0 aromatic heterocycles. The summed E-state index contributed by atoms with van der Waals surface area (Å²) in [5, 5.41) is 5.90. The van der Waals surface area contributed by atoms with Gasteiger partial charge in [0.05, 0.1) is 12.8 Å². The molecule has 0 radical (unpaired) electrons. The van der Waals surface area contributed by atoms with E-state index in [0.717, 1.165) is 25.7 Å². The first-order valence-electron chi connectivity index (χ1n) is 9.92. The molecule has 0 unspecified atom stereocenters. The van der Waals surface area contributed by atoms with Gasteiger partial charge in [0.25, 0.3) is 0 Å². The van der Waals surface area contributed by atoms with Crippen LogP contribution in [0.3, 0.4) is 0 Å². The first kappa shape index (κ1) is 18.7. The van der Waals surface area contributed by atoms with E-state index in [2.05, 4.69) is 10.6 Å². The molecule has 26 heavy (non-hydrogen) atoms. The zero-order chi connectivity index (χ0) is 18.4. The van der Waals surface area contributed by atoms with Gasteiger partial charge < -0.3 is 15.4 Å². The predicted octanol–water partition coefficient (Wildman–Crippen LogP) is 4.73. The molecule has 2 aliphatic rings. The maximum atomic E-state index is 12.3. The summed E-state index contributed by atoms with van der Waals surface area (Å²) < 4.78 is 5.41. The van der Waals surface area contributed by atoms with Crippen molar-refractivity contribution in [3.05, 3.63) is 18.2 Å². The summed E-state index contributed by atoms with van der Waals surface area (Å²) in [4.78, 5) is 24.5. The zero-order valence-electron chi connectivity index (χ0n) is 15.7. The highest BCUT2D eigenvalue weighted by Gasteiger charge is 2.20. The molecule has 2 aliphatic carbocycles. The summed E-state index contributed by atoms with van der Waals surface area (Å²) in [6.45, 7) is 0. The third kappa shape index (κ3) is 5.23. The second-order valence-corrected chi connectivity index (χ2v) is 7.72. The highest BCUT2D eigenvalue weighted by molar-refractivity contribution is 5.94. The van der Waals surface area contributed by atoms with Gasteiger partial charge in [-0.25, -0.2) is 0 Å². The Morgan fingerprint density at radius 2 is 1.46 bits per heavy atom. The van der Waals surface area contributed by atoms with Gasteiger partial charge in [-0.15, -0.1) is 0 Å². The molecule has 0 aliphatic heterocycles. The van der Waals surface area contributed by atoms with Gasteiger partial charge in [0.1, 0.15) is 5.75 Å². The number of methoxy groups -OCH3 is 1. The van der Waals surface area contributed by atoms with Crippen molar-refractivity contribution in [3.8, 4) is 5.75 Å². The van der Waals surface area contributed by atoms with Crippen LogP contribution in [0.5, 0.6) is 5.75 Å². The van der Waals surface area contributed by atoms with Crippen LogP contribution < -0.4 is 15.4 Å². The van der Waals surface area contributed by atoms with E-state index in [1.54, 1.807) is 19.2 Å². The summed E-state index contributed by atoms with van der Waals surface area (Å²) in [7, 11) is 1.58. The van der Waals surface area contributed by atoms with E-state index in [-0.39, 0.29) is 11.8 Å². The fraction of sp³-hybridized carbons (Fsp3) is 0.619. The quantitative estimate of drug-likeness (QED) is 0.740. The van der Waals surface area contributed by atoms with Gasteiger partial charge in [-0.05, 0) is 49.7 Å². The van der Waals surface area contributed by atoms with E-state index in [1.807, 2.05) is 6.07 Å². The van der Waals surface area contributed by atoms with Gasteiger partial charge in [-0.3, -0.25) is 9.59 Å². The van der Waals surface area contributed by atoms with Crippen LogP contribution in [0.1, 0.15) is 64.2 Å². The molecule has 5 heteroatoms. The van der Waals surface area contributed by atoms with Gasteiger partial charge in [0.2, 0.25) is 11.8 Å². The molecular weight excluding hydrogens is 328 g/mol. The van der Waals surface area contributed by atoms with E-state index >= 15 is 0 Å². The molecule has 0 bridgehead atoms. The van der Waals surface area contributed by atoms with E-state index in [4.69, 9.17) is 4.74 Å². The van der Waals surface area contributed by atoms with Crippen molar-refractivity contribution >= 4 is 23.2 Å². The summed E-state index contributed by atoms with van der Waals surface area (Å²) in [6, 6.07) is 5.40. The van der Waals surface area contributed by atoms with E-state index in [1.165, 1.54) is 25.7 Å². The highest BCUT2D eigenvalue weighted by atomic mass is 16.5. The average molecular weight is 358 g/mol. The lowest BCUT2D eigenvalue weighted by atomic mass is 10.0. The molecule has 0 saturated heterocycles. The third-order valence-electron chi connectivity index (χ3n) is 5.66. The zero-order valence-corrected chi connectivity index (χ0v) is 15.7. The molecule has 1 aromatic rings. The molecule has 1 aromatic carbocycles. The minimum Gasteiger partial charge on any atom is -0.494 e. The number of carbonyl (C=O) groups is 2. The molecule has 2 amide bonds. The number of rotatable bonds is 7. The lowest BCUT2D eigenvalue weighted by molar-refractivity contribution is -0.117. The summed E-state index contributed by atoms with van der Waals surface area (Å²) >= 11 is 0. The standard InChI is InChI=1S/C21H30N2O3/c1-26-19-14-17(22-20(24)12-15-6-2-3-7-15)10-11-18(19)23-21(25)13-16-8-4-5-9-16/h10-11,14-16H,2-9,12-13H2,1H3,(H,22,24)(H,23,25). The topological polar surface area (TPSA) is 67.4 Å².